The van der Waals surface area contributed by atoms with Crippen LogP contribution < -0.4 is 5.73 Å². The number of nitrogens with two attached hydrogens (primary N) is 1. The lowest BCUT2D eigenvalue weighted by atomic mass is 10.6. The van der Waals surface area contributed by atoms with Crippen LogP contribution in [-0.2, 0) is 16.5 Å². The van der Waals surface area contributed by atoms with Crippen molar-refractivity contribution in [3.8, 4) is 0 Å². The van der Waals surface area contributed by atoms with Gasteiger partial charge in [0, 0.05) is 13.1 Å². The van der Waals surface area contributed by atoms with E-state index in [1.807, 2.05) is 11.8 Å². The summed E-state index contributed by atoms with van der Waals surface area (Å²) in [6, 6.07) is 0. The highest BCUT2D eigenvalue weighted by Gasteiger charge is 2.03. The van der Waals surface area contributed by atoms with Crippen LogP contribution in [0.1, 0.15) is 20.8 Å². The average Bonchev–Trinajstić information content (AvgIpc) is 2.16. The van der Waals surface area contributed by atoms with Crippen LogP contribution in [0.5, 0.6) is 0 Å². The Kier molecular flexibility index (Phi) is 18.3. The Balaban J connectivity index is -0.000000238. The van der Waals surface area contributed by atoms with Crippen LogP contribution in [0, 0.1) is 0 Å². The molecule has 0 rings (SSSR count). The lowest BCUT2D eigenvalue weighted by Gasteiger charge is -2.20. The quantitative estimate of drug-likeness (QED) is 0.288. The van der Waals surface area contributed by atoms with Gasteiger partial charge in [-0.05, 0) is 44.8 Å². The standard InChI is InChI=1S/C7H15NOS.CH3NOS.H3O3PS/c1-4-8(5-2)7(10)9-6-3;2-1(3)4;1-4(2,3)5/h4-6H2,1-3H3;(H3,2,3,4);(H3,1,2,3,5). The molecule has 0 aromatic heterocycles. The van der Waals surface area contributed by atoms with Gasteiger partial charge >= 0.3 is 6.72 Å². The van der Waals surface area contributed by atoms with Crippen molar-refractivity contribution < 1.29 is 24.2 Å². The van der Waals surface area contributed by atoms with E-state index >= 15 is 0 Å². The van der Waals surface area contributed by atoms with Gasteiger partial charge in [0.2, 0.25) is 0 Å². The topological polar surface area (TPSA) is 116 Å². The number of hydrogen-bond donors (Lipinski definition) is 5. The van der Waals surface area contributed by atoms with Crippen LogP contribution in [0.25, 0.3) is 0 Å². The SMILES string of the molecule is CCOC(=S)N(CC)CC.NC(=O)S.OP(O)(O)=S. The number of thiol groups is 1. The normalized spacial score (nSPS) is 9.21. The summed E-state index contributed by atoms with van der Waals surface area (Å²) >= 11 is 11.7. The van der Waals surface area contributed by atoms with E-state index in [4.69, 9.17) is 36.4 Å². The molecule has 0 aromatic rings. The molecule has 0 saturated carbocycles. The first-order chi connectivity index (χ1) is 8.49. The second-order valence-electron chi connectivity index (χ2n) is 2.72. The Morgan fingerprint density at radius 3 is 1.74 bits per heavy atom. The Morgan fingerprint density at radius 2 is 1.58 bits per heavy atom. The third kappa shape index (κ3) is 38.1. The van der Waals surface area contributed by atoms with Crippen LogP contribution in [0.15, 0.2) is 0 Å². The largest absolute Gasteiger partial charge is 0.471 e. The zero-order chi connectivity index (χ0) is 16.1. The molecule has 0 bridgehead atoms. The molecule has 5 N–H and O–H groups in total. The third-order valence-corrected chi connectivity index (χ3v) is 1.67. The number of ether oxygens (including phenoxy) is 1. The van der Waals surface area contributed by atoms with Crippen molar-refractivity contribution in [2.75, 3.05) is 19.7 Å². The zero-order valence-corrected chi connectivity index (χ0v) is 14.4. The molecule has 0 radical (unpaired) electrons. The van der Waals surface area contributed by atoms with Gasteiger partial charge in [-0.2, -0.15) is 0 Å². The number of carbonyl (C=O) groups excluding carboxylic acids is 1. The molecule has 0 aromatic carbocycles. The number of hydrogen-bond acceptors (Lipinski definition) is 4. The summed E-state index contributed by atoms with van der Waals surface area (Å²) in [5.41, 5.74) is 4.34. The summed E-state index contributed by atoms with van der Waals surface area (Å²) in [5, 5.41) is -0.0208. The zero-order valence-electron chi connectivity index (χ0n) is 11.0. The molecule has 19 heavy (non-hydrogen) atoms. The fraction of sp³-hybridized carbons (Fsp3) is 0.750. The van der Waals surface area contributed by atoms with Crippen LogP contribution in [0.3, 0.4) is 0 Å². The van der Waals surface area contributed by atoms with E-state index in [-0.39, 0.29) is 0 Å². The maximum absolute atomic E-state index is 9.09. The first kappa shape index (κ1) is 24.1. The van der Waals surface area contributed by atoms with Crippen molar-refractivity contribution in [3.63, 3.8) is 0 Å². The average molecular weight is 352 g/mol. The van der Waals surface area contributed by atoms with Gasteiger partial charge < -0.3 is 30.1 Å². The van der Waals surface area contributed by atoms with Crippen molar-refractivity contribution in [3.05, 3.63) is 0 Å². The molecule has 116 valence electrons. The van der Waals surface area contributed by atoms with E-state index in [9.17, 15) is 0 Å². The molecule has 1 amide bonds. The number of thiocarbonyl (C=S) groups is 1. The van der Waals surface area contributed by atoms with Crippen LogP contribution in [0.4, 0.5) is 4.79 Å². The Labute approximate surface area is 129 Å². The van der Waals surface area contributed by atoms with E-state index < -0.39 is 12.0 Å². The van der Waals surface area contributed by atoms with Crippen LogP contribution >= 0.6 is 31.6 Å². The number of primary amides is 1. The second kappa shape index (κ2) is 14.4. The lowest BCUT2D eigenvalue weighted by Crippen LogP contribution is -2.30. The van der Waals surface area contributed by atoms with Crippen molar-refractivity contribution in [2.24, 2.45) is 5.73 Å². The van der Waals surface area contributed by atoms with E-state index in [0.717, 1.165) is 13.1 Å². The predicted octanol–water partition coefficient (Wildman–Crippen LogP) is 0.832. The molecule has 11 heteroatoms. The molecule has 0 aliphatic heterocycles. The third-order valence-electron chi connectivity index (χ3n) is 1.29. The summed E-state index contributed by atoms with van der Waals surface area (Å²) in [6.45, 7) is 4.78. The lowest BCUT2D eigenvalue weighted by molar-refractivity contribution is 0.264. The van der Waals surface area contributed by atoms with E-state index in [1.54, 1.807) is 0 Å². The molecular formula is C8H21N2O5PS3. The van der Waals surface area contributed by atoms with E-state index in [0.29, 0.717) is 11.8 Å². The highest BCUT2D eigenvalue weighted by atomic mass is 32.5. The molecule has 0 saturated heterocycles. The number of rotatable bonds is 3. The number of carbonyl (C=O) groups is 1. The molecule has 7 nitrogen and oxygen atoms in total. The second-order valence-corrected chi connectivity index (χ2v) is 6.01. The van der Waals surface area contributed by atoms with Gasteiger partial charge in [0.1, 0.15) is 0 Å². The minimum absolute atomic E-state index is 0.618. The van der Waals surface area contributed by atoms with Crippen molar-refractivity contribution in [1.29, 1.82) is 0 Å². The fourth-order valence-electron chi connectivity index (χ4n) is 0.697. The summed E-state index contributed by atoms with van der Waals surface area (Å²) in [6.07, 6.45) is 0. The van der Waals surface area contributed by atoms with Gasteiger partial charge in [-0.3, -0.25) is 4.79 Å². The Morgan fingerprint density at radius 1 is 1.32 bits per heavy atom. The maximum atomic E-state index is 9.09. The predicted molar refractivity (Wildman–Crippen MR) is 86.7 cm³/mol. The highest BCUT2D eigenvalue weighted by molar-refractivity contribution is 8.06. The smallest absolute Gasteiger partial charge is 0.319 e. The van der Waals surface area contributed by atoms with Crippen molar-refractivity contribution in [1.82, 2.24) is 4.90 Å². The minimum atomic E-state index is -3.81. The number of nitrogens with zero attached hydrogens (tertiary/aromatic N) is 1. The highest BCUT2D eigenvalue weighted by Crippen LogP contribution is 2.26. The van der Waals surface area contributed by atoms with Gasteiger partial charge in [-0.15, -0.1) is 0 Å². The maximum Gasteiger partial charge on any atom is 0.319 e. The Hall–Kier alpha value is 0.0400. The van der Waals surface area contributed by atoms with Crippen molar-refractivity contribution >= 4 is 53.8 Å². The summed E-state index contributed by atoms with van der Waals surface area (Å²) in [5.74, 6) is 0. The molecule has 0 aliphatic rings. The van der Waals surface area contributed by atoms with Gasteiger partial charge in [0.25, 0.3) is 10.4 Å². The molecule has 0 spiro atoms. The van der Waals surface area contributed by atoms with Crippen LogP contribution in [-0.4, -0.2) is 49.7 Å². The van der Waals surface area contributed by atoms with Gasteiger partial charge in [-0.1, -0.05) is 12.6 Å². The number of amides is 1. The van der Waals surface area contributed by atoms with Gasteiger partial charge in [0.05, 0.1) is 6.61 Å². The first-order valence-electron chi connectivity index (χ1n) is 5.17. The van der Waals surface area contributed by atoms with E-state index in [2.05, 4.69) is 44.0 Å². The Bertz CT molecular complexity index is 284. The molecule has 0 heterocycles. The first-order valence-corrected chi connectivity index (χ1v) is 8.69. The van der Waals surface area contributed by atoms with E-state index in [1.165, 1.54) is 0 Å². The van der Waals surface area contributed by atoms with Gasteiger partial charge in [0.15, 0.2) is 0 Å². The molecular weight excluding hydrogens is 331 g/mol. The van der Waals surface area contributed by atoms with Crippen LogP contribution in [0.2, 0.25) is 0 Å². The van der Waals surface area contributed by atoms with Crippen molar-refractivity contribution in [2.45, 2.75) is 20.8 Å². The summed E-state index contributed by atoms with van der Waals surface area (Å²) < 4.78 is 5.14. The molecule has 0 atom stereocenters. The molecule has 0 fully saturated rings. The molecule has 0 aliphatic carbocycles. The molecule has 0 unspecified atom stereocenters. The van der Waals surface area contributed by atoms with Gasteiger partial charge in [-0.25, -0.2) is 0 Å². The fourth-order valence-corrected chi connectivity index (χ4v) is 1.07. The summed E-state index contributed by atoms with van der Waals surface area (Å²) in [4.78, 5) is 33.8. The monoisotopic (exact) mass is 352 g/mol. The summed E-state index contributed by atoms with van der Waals surface area (Å²) in [7, 11) is 0. The minimum Gasteiger partial charge on any atom is -0.471 e.